The Hall–Kier alpha value is -2.95. The monoisotopic (exact) mass is 626 g/mol. The van der Waals surface area contributed by atoms with Gasteiger partial charge in [-0.05, 0) is 57.2 Å². The first-order valence-electron chi connectivity index (χ1n) is 16.1. The summed E-state index contributed by atoms with van der Waals surface area (Å²) < 4.78 is 37.2. The summed E-state index contributed by atoms with van der Waals surface area (Å²) in [6, 6.07) is 1.95. The van der Waals surface area contributed by atoms with Gasteiger partial charge in [-0.1, -0.05) is 25.5 Å². The van der Waals surface area contributed by atoms with Crippen molar-refractivity contribution in [3.8, 4) is 0 Å². The van der Waals surface area contributed by atoms with Crippen LogP contribution in [0.15, 0.2) is 45.8 Å². The summed E-state index contributed by atoms with van der Waals surface area (Å²) in [6.07, 6.45) is 2.60. The van der Waals surface area contributed by atoms with Crippen molar-refractivity contribution >= 4 is 17.9 Å². The second-order valence-corrected chi connectivity index (χ2v) is 14.3. The van der Waals surface area contributed by atoms with Gasteiger partial charge in [0.1, 0.15) is 23.9 Å². The van der Waals surface area contributed by atoms with Crippen molar-refractivity contribution in [3.63, 3.8) is 0 Å². The van der Waals surface area contributed by atoms with E-state index in [1.807, 2.05) is 13.0 Å². The minimum absolute atomic E-state index is 0.0141. The number of ether oxygens (including phenoxy) is 5. The normalized spacial score (nSPS) is 43.9. The second-order valence-electron chi connectivity index (χ2n) is 14.3. The Balaban J connectivity index is 1.61. The molecule has 4 fully saturated rings. The van der Waals surface area contributed by atoms with Crippen LogP contribution in [0.1, 0.15) is 86.1 Å². The van der Waals surface area contributed by atoms with Crippen LogP contribution in [-0.2, 0) is 38.1 Å². The quantitative estimate of drug-likeness (QED) is 0.206. The molecule has 5 aliphatic rings. The lowest BCUT2D eigenvalue weighted by molar-refractivity contribution is -0.266. The molecular weight excluding hydrogens is 580 g/mol. The number of fused-ring (bicyclic) bond motifs is 4. The maximum atomic E-state index is 13.7. The summed E-state index contributed by atoms with van der Waals surface area (Å²) in [7, 11) is 0. The van der Waals surface area contributed by atoms with Crippen molar-refractivity contribution in [2.24, 2.45) is 28.6 Å². The van der Waals surface area contributed by atoms with E-state index in [4.69, 9.17) is 28.1 Å². The maximum absolute atomic E-state index is 13.7. The van der Waals surface area contributed by atoms with Gasteiger partial charge in [0.2, 0.25) is 0 Å². The third kappa shape index (κ3) is 4.65. The molecule has 3 aliphatic carbocycles. The Morgan fingerprint density at radius 2 is 1.69 bits per heavy atom. The average molecular weight is 627 g/mol. The molecule has 10 heteroatoms. The average Bonchev–Trinajstić information content (AvgIpc) is 3.68. The lowest BCUT2D eigenvalue weighted by atomic mass is 9.39. The summed E-state index contributed by atoms with van der Waals surface area (Å²) in [5.41, 5.74) is 1.01. The van der Waals surface area contributed by atoms with E-state index in [1.54, 1.807) is 32.4 Å². The van der Waals surface area contributed by atoms with Crippen LogP contribution in [0.5, 0.6) is 0 Å². The molecule has 0 aromatic carbocycles. The highest BCUT2D eigenvalue weighted by Gasteiger charge is 2.77. The molecule has 1 aromatic rings. The predicted octanol–water partition coefficient (Wildman–Crippen LogP) is 5.00. The van der Waals surface area contributed by atoms with Gasteiger partial charge < -0.3 is 33.2 Å². The third-order valence-electron chi connectivity index (χ3n) is 12.1. The first kappa shape index (κ1) is 32.0. The van der Waals surface area contributed by atoms with Crippen molar-refractivity contribution < 1.29 is 47.6 Å². The van der Waals surface area contributed by atoms with Gasteiger partial charge in [0, 0.05) is 60.8 Å². The Bertz CT molecular complexity index is 1430. The van der Waals surface area contributed by atoms with Crippen molar-refractivity contribution in [1.29, 1.82) is 0 Å². The van der Waals surface area contributed by atoms with Crippen molar-refractivity contribution in [2.45, 2.75) is 117 Å². The van der Waals surface area contributed by atoms with Crippen LogP contribution >= 0.6 is 0 Å². The van der Waals surface area contributed by atoms with Crippen LogP contribution in [0, 0.1) is 28.6 Å². The minimum atomic E-state index is -1.12. The largest absolute Gasteiger partial charge is 0.472 e. The minimum Gasteiger partial charge on any atom is -0.472 e. The van der Waals surface area contributed by atoms with E-state index in [2.05, 4.69) is 20.8 Å². The van der Waals surface area contributed by atoms with Crippen molar-refractivity contribution in [1.82, 2.24) is 0 Å². The Kier molecular flexibility index (Phi) is 7.89. The van der Waals surface area contributed by atoms with Gasteiger partial charge in [-0.3, -0.25) is 9.59 Å². The molecule has 0 amide bonds. The van der Waals surface area contributed by atoms with Gasteiger partial charge in [-0.15, -0.1) is 0 Å². The van der Waals surface area contributed by atoms with Crippen LogP contribution in [-0.4, -0.2) is 65.9 Å². The fraction of sp³-hybridized carbons (Fsp3) is 0.686. The van der Waals surface area contributed by atoms with E-state index in [0.717, 1.165) is 16.7 Å². The number of aliphatic hydroxyl groups is 1. The molecule has 0 bridgehead atoms. The molecule has 3 heterocycles. The van der Waals surface area contributed by atoms with E-state index in [9.17, 15) is 19.5 Å². The molecule has 1 N–H and O–H groups in total. The molecule has 10 nitrogen and oxygen atoms in total. The van der Waals surface area contributed by atoms with Crippen LogP contribution < -0.4 is 0 Å². The van der Waals surface area contributed by atoms with Gasteiger partial charge >= 0.3 is 17.9 Å². The maximum Gasteiger partial charge on any atom is 0.333 e. The molecule has 45 heavy (non-hydrogen) atoms. The van der Waals surface area contributed by atoms with Crippen LogP contribution in [0.4, 0.5) is 0 Å². The summed E-state index contributed by atoms with van der Waals surface area (Å²) in [6.45, 7) is 14.8. The number of hydrogen-bond donors (Lipinski definition) is 1. The summed E-state index contributed by atoms with van der Waals surface area (Å²) >= 11 is 0. The topological polar surface area (TPSA) is 131 Å². The zero-order chi connectivity index (χ0) is 32.6. The summed E-state index contributed by atoms with van der Waals surface area (Å²) in [5, 5.41) is 11.6. The van der Waals surface area contributed by atoms with Crippen LogP contribution in [0.2, 0.25) is 0 Å². The molecule has 246 valence electrons. The number of furan rings is 1. The number of rotatable bonds is 5. The Morgan fingerprint density at radius 1 is 1.00 bits per heavy atom. The highest BCUT2D eigenvalue weighted by molar-refractivity contribution is 5.87. The van der Waals surface area contributed by atoms with Gasteiger partial charge in [-0.2, -0.15) is 0 Å². The standard InChI is InChI=1S/C35H46O10/c1-9-17(2)32(39)45-31-23-16-41-35(8)27(43-20(5)37)14-26(42-19(4)36)33(6,30(23)35)25-13-28(38)44-24-12-22(21-10-11-40-15-21)18(3)29(24)34(25,31)7/h9-11,15,22-28,30-31,38H,12-14,16H2,1-8H3/b17-9+/t22-,23-,24+,25-,26+,27-,28-,30-,31-,33+,34-,35-/m1/s1. The zero-order valence-corrected chi connectivity index (χ0v) is 27.5. The second kappa shape index (κ2) is 11.1. The van der Waals surface area contributed by atoms with Gasteiger partial charge in [0.05, 0.1) is 25.2 Å². The smallest absolute Gasteiger partial charge is 0.333 e. The molecule has 0 spiro atoms. The third-order valence-corrected chi connectivity index (χ3v) is 12.1. The Morgan fingerprint density at radius 3 is 2.31 bits per heavy atom. The van der Waals surface area contributed by atoms with E-state index in [-0.39, 0.29) is 43.1 Å². The molecule has 1 aromatic heterocycles. The number of carbonyl (C=O) groups is 3. The van der Waals surface area contributed by atoms with Gasteiger partial charge in [0.15, 0.2) is 6.29 Å². The molecule has 12 atom stereocenters. The fourth-order valence-corrected chi connectivity index (χ4v) is 10.4. The summed E-state index contributed by atoms with van der Waals surface area (Å²) in [5.74, 6) is -2.41. The molecule has 0 unspecified atom stereocenters. The van der Waals surface area contributed by atoms with Gasteiger partial charge in [0.25, 0.3) is 0 Å². The number of hydrogen-bond acceptors (Lipinski definition) is 10. The molecule has 6 rings (SSSR count). The molecular formula is C35H46O10. The van der Waals surface area contributed by atoms with Crippen LogP contribution in [0.25, 0.3) is 0 Å². The number of carbonyl (C=O) groups excluding carboxylic acids is 3. The van der Waals surface area contributed by atoms with Crippen molar-refractivity contribution in [2.75, 3.05) is 6.61 Å². The predicted molar refractivity (Wildman–Crippen MR) is 160 cm³/mol. The molecule has 0 radical (unpaired) electrons. The van der Waals surface area contributed by atoms with Crippen molar-refractivity contribution in [3.05, 3.63) is 47.0 Å². The first-order chi connectivity index (χ1) is 21.2. The highest BCUT2D eigenvalue weighted by atomic mass is 16.6. The van der Waals surface area contributed by atoms with E-state index >= 15 is 0 Å². The highest BCUT2D eigenvalue weighted by Crippen LogP contribution is 2.72. The van der Waals surface area contributed by atoms with Crippen LogP contribution in [0.3, 0.4) is 0 Å². The lowest BCUT2D eigenvalue weighted by Gasteiger charge is -2.66. The Labute approximate surface area is 264 Å². The fourth-order valence-electron chi connectivity index (χ4n) is 10.4. The van der Waals surface area contributed by atoms with E-state index in [0.29, 0.717) is 12.0 Å². The number of aliphatic hydroxyl groups excluding tert-OH is 1. The molecule has 2 aliphatic heterocycles. The SMILES string of the molecule is C/C=C(\C)C(=O)O[C@@H]1[C@@H]2CO[C@]3(C)[C@H](OC(C)=O)C[C@H](OC(C)=O)[C@@](C)([C@@H]23)[C@H]2C[C@H](O)O[C@H]3C[C@@H](c4ccoc4)C(C)=C3[C@]12C. The molecule has 2 saturated heterocycles. The number of esters is 3. The molecule has 2 saturated carbocycles. The van der Waals surface area contributed by atoms with Gasteiger partial charge in [-0.25, -0.2) is 4.79 Å². The number of allylic oxidation sites excluding steroid dienone is 2. The van der Waals surface area contributed by atoms with E-state index < -0.39 is 65.0 Å². The first-order valence-corrected chi connectivity index (χ1v) is 16.1. The lowest BCUT2D eigenvalue weighted by Crippen LogP contribution is -2.72. The summed E-state index contributed by atoms with van der Waals surface area (Å²) in [4.78, 5) is 38.7. The van der Waals surface area contributed by atoms with E-state index in [1.165, 1.54) is 13.8 Å². The zero-order valence-electron chi connectivity index (χ0n) is 27.5.